The Morgan fingerprint density at radius 2 is 2.00 bits per heavy atom. The van der Waals surface area contributed by atoms with Crippen LogP contribution in [-0.2, 0) is 4.74 Å². The summed E-state index contributed by atoms with van der Waals surface area (Å²) in [5.74, 6) is 0. The van der Waals surface area contributed by atoms with Crippen molar-refractivity contribution in [2.24, 2.45) is 0 Å². The number of piperidine rings is 1. The first kappa shape index (κ1) is 16.5. The molecule has 0 radical (unpaired) electrons. The zero-order valence-electron chi connectivity index (χ0n) is 13.6. The molecule has 2 atom stereocenters. The lowest BCUT2D eigenvalue weighted by Gasteiger charge is -2.32. The van der Waals surface area contributed by atoms with Gasteiger partial charge in [0.05, 0.1) is 12.2 Å². The summed E-state index contributed by atoms with van der Waals surface area (Å²) in [4.78, 5) is 2.43. The van der Waals surface area contributed by atoms with Gasteiger partial charge in [0.1, 0.15) is 0 Å². The highest BCUT2D eigenvalue weighted by atomic mass is 16.5. The molecule has 0 saturated carbocycles. The Morgan fingerprint density at radius 3 is 2.67 bits per heavy atom. The average Bonchev–Trinajstić information content (AvgIpc) is 2.44. The minimum Gasteiger partial charge on any atom is -0.388 e. The SMILES string of the molecule is CCOC1CCCN(CCC(O)c2cc(C)cc(C)c2)C1. The Labute approximate surface area is 128 Å². The number of hydrogen-bond donors (Lipinski definition) is 1. The van der Waals surface area contributed by atoms with Crippen molar-refractivity contribution in [2.75, 3.05) is 26.2 Å². The molecule has 0 spiro atoms. The lowest BCUT2D eigenvalue weighted by atomic mass is 10.0. The normalized spacial score (nSPS) is 21.4. The van der Waals surface area contributed by atoms with E-state index in [1.807, 2.05) is 0 Å². The molecule has 3 heteroatoms. The van der Waals surface area contributed by atoms with Crippen LogP contribution in [0.5, 0.6) is 0 Å². The number of aryl methyl sites for hydroxylation is 2. The van der Waals surface area contributed by atoms with E-state index < -0.39 is 0 Å². The van der Waals surface area contributed by atoms with Crippen LogP contribution in [0.3, 0.4) is 0 Å². The molecule has 0 aromatic heterocycles. The van der Waals surface area contributed by atoms with Gasteiger partial charge >= 0.3 is 0 Å². The zero-order chi connectivity index (χ0) is 15.2. The average molecular weight is 291 g/mol. The molecule has 2 unspecified atom stereocenters. The van der Waals surface area contributed by atoms with E-state index >= 15 is 0 Å². The van der Waals surface area contributed by atoms with Gasteiger partial charge in [-0.25, -0.2) is 0 Å². The first-order valence-electron chi connectivity index (χ1n) is 8.18. The maximum Gasteiger partial charge on any atom is 0.0802 e. The molecular weight excluding hydrogens is 262 g/mol. The minimum atomic E-state index is -0.365. The maximum absolute atomic E-state index is 10.4. The van der Waals surface area contributed by atoms with Gasteiger partial charge in [-0.15, -0.1) is 0 Å². The Kier molecular flexibility index (Phi) is 6.22. The molecule has 2 rings (SSSR count). The second-order valence-corrected chi connectivity index (χ2v) is 6.25. The predicted octanol–water partition coefficient (Wildman–Crippen LogP) is 3.23. The summed E-state index contributed by atoms with van der Waals surface area (Å²) < 4.78 is 5.73. The number of aliphatic hydroxyl groups is 1. The quantitative estimate of drug-likeness (QED) is 0.873. The highest BCUT2D eigenvalue weighted by molar-refractivity contribution is 5.29. The van der Waals surface area contributed by atoms with Gasteiger partial charge in [0, 0.05) is 19.7 Å². The standard InChI is InChI=1S/C18H29NO2/c1-4-21-17-6-5-8-19(13-17)9-7-18(20)16-11-14(2)10-15(3)12-16/h10-12,17-18,20H,4-9,13H2,1-3H3. The Hall–Kier alpha value is -0.900. The molecule has 21 heavy (non-hydrogen) atoms. The summed E-state index contributed by atoms with van der Waals surface area (Å²) >= 11 is 0. The third-order valence-electron chi connectivity index (χ3n) is 4.21. The lowest BCUT2D eigenvalue weighted by Crippen LogP contribution is -2.40. The summed E-state index contributed by atoms with van der Waals surface area (Å²) in [6.07, 6.45) is 3.17. The monoisotopic (exact) mass is 291 g/mol. The molecule has 3 nitrogen and oxygen atoms in total. The first-order chi connectivity index (χ1) is 10.1. The van der Waals surface area contributed by atoms with E-state index in [2.05, 4.69) is 43.9 Å². The molecule has 1 saturated heterocycles. The second-order valence-electron chi connectivity index (χ2n) is 6.25. The van der Waals surface area contributed by atoms with Crippen LogP contribution in [0, 0.1) is 13.8 Å². The van der Waals surface area contributed by atoms with Crippen LogP contribution in [0.15, 0.2) is 18.2 Å². The third-order valence-corrected chi connectivity index (χ3v) is 4.21. The number of likely N-dealkylation sites (tertiary alicyclic amines) is 1. The second kappa shape index (κ2) is 7.92. The van der Waals surface area contributed by atoms with Gasteiger partial charge in [0.25, 0.3) is 0 Å². The van der Waals surface area contributed by atoms with Crippen LogP contribution in [-0.4, -0.2) is 42.4 Å². The van der Waals surface area contributed by atoms with Gasteiger partial charge in [-0.2, -0.15) is 0 Å². The van der Waals surface area contributed by atoms with Crippen LogP contribution in [0.25, 0.3) is 0 Å². The van der Waals surface area contributed by atoms with Gasteiger partial charge < -0.3 is 14.7 Å². The number of ether oxygens (including phenoxy) is 1. The highest BCUT2D eigenvalue weighted by Crippen LogP contribution is 2.21. The van der Waals surface area contributed by atoms with Crippen molar-refractivity contribution in [2.45, 2.75) is 52.2 Å². The molecule has 0 bridgehead atoms. The van der Waals surface area contributed by atoms with E-state index in [9.17, 15) is 5.11 Å². The van der Waals surface area contributed by atoms with Crippen molar-refractivity contribution < 1.29 is 9.84 Å². The smallest absolute Gasteiger partial charge is 0.0802 e. The molecule has 1 aromatic carbocycles. The van der Waals surface area contributed by atoms with Gasteiger partial charge in [-0.3, -0.25) is 0 Å². The van der Waals surface area contributed by atoms with E-state index in [0.29, 0.717) is 6.10 Å². The molecule has 0 amide bonds. The van der Waals surface area contributed by atoms with Gasteiger partial charge in [0.15, 0.2) is 0 Å². The summed E-state index contributed by atoms with van der Waals surface area (Å²) in [7, 11) is 0. The van der Waals surface area contributed by atoms with Crippen molar-refractivity contribution in [3.8, 4) is 0 Å². The van der Waals surface area contributed by atoms with Crippen LogP contribution < -0.4 is 0 Å². The van der Waals surface area contributed by atoms with Crippen molar-refractivity contribution in [3.63, 3.8) is 0 Å². The summed E-state index contributed by atoms with van der Waals surface area (Å²) in [6, 6.07) is 6.33. The first-order valence-corrected chi connectivity index (χ1v) is 8.18. The lowest BCUT2D eigenvalue weighted by molar-refractivity contribution is 0.00212. The van der Waals surface area contributed by atoms with Gasteiger partial charge in [-0.1, -0.05) is 29.3 Å². The summed E-state index contributed by atoms with van der Waals surface area (Å²) in [6.45, 7) is 10.1. The largest absolute Gasteiger partial charge is 0.388 e. The van der Waals surface area contributed by atoms with E-state index in [1.165, 1.54) is 24.0 Å². The fourth-order valence-corrected chi connectivity index (χ4v) is 3.26. The van der Waals surface area contributed by atoms with E-state index in [0.717, 1.165) is 38.2 Å². The molecule has 1 aliphatic heterocycles. The molecule has 118 valence electrons. The fourth-order valence-electron chi connectivity index (χ4n) is 3.26. The summed E-state index contributed by atoms with van der Waals surface area (Å²) in [5, 5.41) is 10.4. The number of nitrogens with zero attached hydrogens (tertiary/aromatic N) is 1. The Bertz CT molecular complexity index is 425. The molecular formula is C18H29NO2. The Morgan fingerprint density at radius 1 is 1.29 bits per heavy atom. The number of hydrogen-bond acceptors (Lipinski definition) is 3. The predicted molar refractivity (Wildman–Crippen MR) is 86.6 cm³/mol. The molecule has 0 aliphatic carbocycles. The van der Waals surface area contributed by atoms with E-state index in [4.69, 9.17) is 4.74 Å². The number of aliphatic hydroxyl groups excluding tert-OH is 1. The highest BCUT2D eigenvalue weighted by Gasteiger charge is 2.20. The molecule has 1 N–H and O–H groups in total. The molecule has 1 heterocycles. The topological polar surface area (TPSA) is 32.7 Å². The molecule has 1 aliphatic rings. The number of benzene rings is 1. The van der Waals surface area contributed by atoms with Crippen LogP contribution in [0.4, 0.5) is 0 Å². The van der Waals surface area contributed by atoms with Crippen LogP contribution in [0.2, 0.25) is 0 Å². The van der Waals surface area contributed by atoms with Crippen LogP contribution >= 0.6 is 0 Å². The fraction of sp³-hybridized carbons (Fsp3) is 0.667. The van der Waals surface area contributed by atoms with Gasteiger partial charge in [-0.05, 0) is 52.1 Å². The maximum atomic E-state index is 10.4. The minimum absolute atomic E-state index is 0.365. The third kappa shape index (κ3) is 5.10. The van der Waals surface area contributed by atoms with Crippen molar-refractivity contribution in [3.05, 3.63) is 34.9 Å². The van der Waals surface area contributed by atoms with Crippen molar-refractivity contribution in [1.82, 2.24) is 4.90 Å². The number of rotatable bonds is 6. The van der Waals surface area contributed by atoms with Crippen LogP contribution in [0.1, 0.15) is 49.0 Å². The van der Waals surface area contributed by atoms with Crippen molar-refractivity contribution in [1.29, 1.82) is 0 Å². The van der Waals surface area contributed by atoms with E-state index in [-0.39, 0.29) is 6.10 Å². The Balaban J connectivity index is 1.84. The zero-order valence-corrected chi connectivity index (χ0v) is 13.6. The van der Waals surface area contributed by atoms with Crippen molar-refractivity contribution >= 4 is 0 Å². The van der Waals surface area contributed by atoms with E-state index in [1.54, 1.807) is 0 Å². The van der Waals surface area contributed by atoms with Gasteiger partial charge in [0.2, 0.25) is 0 Å². The molecule has 1 aromatic rings. The molecule has 1 fully saturated rings. The summed E-state index contributed by atoms with van der Waals surface area (Å²) in [5.41, 5.74) is 3.49.